The Hall–Kier alpha value is -2.52. The summed E-state index contributed by atoms with van der Waals surface area (Å²) in [4.78, 5) is 38.8. The number of hydrogen-bond donors (Lipinski definition) is 1. The number of benzene rings is 1. The molecular formula is C22H29N3O6. The van der Waals surface area contributed by atoms with Crippen LogP contribution in [-0.4, -0.2) is 59.3 Å². The first-order chi connectivity index (χ1) is 14.9. The molecule has 0 aromatic heterocycles. The SMILES string of the molecule is CC1CCC2(CC1)OCC(C(=O)NCC1CCCO1)N2C(=O)c1cccc([N+](=O)[O-])c1. The van der Waals surface area contributed by atoms with Crippen LogP contribution in [0, 0.1) is 16.0 Å². The molecule has 2 heterocycles. The minimum absolute atomic E-state index is 0.00307. The first kappa shape index (κ1) is 21.7. The molecule has 31 heavy (non-hydrogen) atoms. The summed E-state index contributed by atoms with van der Waals surface area (Å²) in [6.07, 6.45) is 4.95. The average Bonchev–Trinajstić information content (AvgIpc) is 3.42. The van der Waals surface area contributed by atoms with Gasteiger partial charge in [0.2, 0.25) is 5.91 Å². The molecule has 2 aliphatic heterocycles. The van der Waals surface area contributed by atoms with Crippen molar-refractivity contribution in [1.29, 1.82) is 0 Å². The number of nitrogens with zero attached hydrogens (tertiary/aromatic N) is 2. The Morgan fingerprint density at radius 2 is 2.06 bits per heavy atom. The van der Waals surface area contributed by atoms with E-state index in [4.69, 9.17) is 9.47 Å². The second kappa shape index (κ2) is 8.92. The molecule has 3 aliphatic rings. The third kappa shape index (κ3) is 4.43. The fourth-order valence-corrected chi connectivity index (χ4v) is 4.81. The van der Waals surface area contributed by atoms with E-state index in [0.29, 0.717) is 31.9 Å². The zero-order chi connectivity index (χ0) is 22.0. The standard InChI is InChI=1S/C22H29N3O6/c1-15-7-9-22(10-8-15)24(21(27)16-4-2-5-17(12-16)25(28)29)19(14-31-22)20(26)23-13-18-6-3-11-30-18/h2,4-5,12,15,18-19H,3,6-11,13-14H2,1H3,(H,23,26). The molecule has 1 N–H and O–H groups in total. The molecule has 1 spiro atoms. The fraction of sp³-hybridized carbons (Fsp3) is 0.636. The van der Waals surface area contributed by atoms with E-state index in [2.05, 4.69) is 12.2 Å². The van der Waals surface area contributed by atoms with Crippen molar-refractivity contribution >= 4 is 17.5 Å². The molecule has 1 saturated carbocycles. The van der Waals surface area contributed by atoms with Gasteiger partial charge in [-0.15, -0.1) is 0 Å². The van der Waals surface area contributed by atoms with Crippen LogP contribution in [-0.2, 0) is 14.3 Å². The Morgan fingerprint density at radius 1 is 1.29 bits per heavy atom. The maximum Gasteiger partial charge on any atom is 0.270 e. The van der Waals surface area contributed by atoms with Crippen LogP contribution in [0.25, 0.3) is 0 Å². The van der Waals surface area contributed by atoms with Gasteiger partial charge in [0.15, 0.2) is 0 Å². The van der Waals surface area contributed by atoms with Gasteiger partial charge in [0, 0.05) is 30.8 Å². The van der Waals surface area contributed by atoms with Crippen molar-refractivity contribution in [3.63, 3.8) is 0 Å². The summed E-state index contributed by atoms with van der Waals surface area (Å²) in [6.45, 7) is 3.39. The van der Waals surface area contributed by atoms with Crippen molar-refractivity contribution in [3.8, 4) is 0 Å². The highest BCUT2D eigenvalue weighted by Gasteiger charge is 2.53. The zero-order valence-corrected chi connectivity index (χ0v) is 17.7. The Bertz CT molecular complexity index is 845. The minimum Gasteiger partial charge on any atom is -0.376 e. The first-order valence-corrected chi connectivity index (χ1v) is 11.0. The van der Waals surface area contributed by atoms with Gasteiger partial charge in [-0.1, -0.05) is 13.0 Å². The molecule has 2 amide bonds. The lowest BCUT2D eigenvalue weighted by Crippen LogP contribution is -2.57. The molecule has 3 fully saturated rings. The monoisotopic (exact) mass is 431 g/mol. The van der Waals surface area contributed by atoms with E-state index in [0.717, 1.165) is 25.7 Å². The number of carbonyl (C=O) groups is 2. The van der Waals surface area contributed by atoms with Crippen LogP contribution in [0.1, 0.15) is 55.8 Å². The second-order valence-electron chi connectivity index (χ2n) is 8.82. The van der Waals surface area contributed by atoms with Gasteiger partial charge in [0.1, 0.15) is 11.8 Å². The lowest BCUT2D eigenvalue weighted by molar-refractivity contribution is -0.384. The van der Waals surface area contributed by atoms with Crippen molar-refractivity contribution < 1.29 is 24.0 Å². The lowest BCUT2D eigenvalue weighted by Gasteiger charge is -2.43. The van der Waals surface area contributed by atoms with E-state index in [1.165, 1.54) is 18.2 Å². The van der Waals surface area contributed by atoms with Crippen LogP contribution in [0.3, 0.4) is 0 Å². The van der Waals surface area contributed by atoms with Gasteiger partial charge < -0.3 is 14.8 Å². The molecule has 2 atom stereocenters. The third-order valence-electron chi connectivity index (χ3n) is 6.67. The second-order valence-corrected chi connectivity index (χ2v) is 8.82. The van der Waals surface area contributed by atoms with Gasteiger partial charge >= 0.3 is 0 Å². The fourth-order valence-electron chi connectivity index (χ4n) is 4.81. The maximum atomic E-state index is 13.6. The summed E-state index contributed by atoms with van der Waals surface area (Å²) in [5, 5.41) is 14.1. The molecule has 0 bridgehead atoms. The van der Waals surface area contributed by atoms with E-state index in [1.54, 1.807) is 11.0 Å². The predicted molar refractivity (Wildman–Crippen MR) is 111 cm³/mol. The number of hydrogen-bond acceptors (Lipinski definition) is 6. The molecular weight excluding hydrogens is 402 g/mol. The van der Waals surface area contributed by atoms with Gasteiger partial charge in [-0.25, -0.2) is 0 Å². The van der Waals surface area contributed by atoms with Crippen molar-refractivity contribution in [2.75, 3.05) is 19.8 Å². The van der Waals surface area contributed by atoms with Crippen molar-refractivity contribution in [1.82, 2.24) is 10.2 Å². The smallest absolute Gasteiger partial charge is 0.270 e. The van der Waals surface area contributed by atoms with Crippen LogP contribution in [0.2, 0.25) is 0 Å². The number of carbonyl (C=O) groups excluding carboxylic acids is 2. The summed E-state index contributed by atoms with van der Waals surface area (Å²) in [5.41, 5.74) is -0.814. The topological polar surface area (TPSA) is 111 Å². The Kier molecular flexibility index (Phi) is 6.24. The van der Waals surface area contributed by atoms with Gasteiger partial charge in [-0.2, -0.15) is 0 Å². The molecule has 2 unspecified atom stereocenters. The molecule has 1 aromatic carbocycles. The summed E-state index contributed by atoms with van der Waals surface area (Å²) in [5.74, 6) is -0.158. The van der Waals surface area contributed by atoms with Crippen LogP contribution in [0.4, 0.5) is 5.69 Å². The highest BCUT2D eigenvalue weighted by Crippen LogP contribution is 2.43. The molecule has 168 valence electrons. The molecule has 2 saturated heterocycles. The highest BCUT2D eigenvalue weighted by atomic mass is 16.6. The van der Waals surface area contributed by atoms with Gasteiger partial charge in [0.25, 0.3) is 11.6 Å². The molecule has 9 heteroatoms. The van der Waals surface area contributed by atoms with Crippen molar-refractivity contribution in [2.45, 2.75) is 63.3 Å². The largest absolute Gasteiger partial charge is 0.376 e. The average molecular weight is 431 g/mol. The number of rotatable bonds is 5. The van der Waals surface area contributed by atoms with Gasteiger partial charge in [0.05, 0.1) is 17.6 Å². The van der Waals surface area contributed by atoms with Crippen molar-refractivity contribution in [2.24, 2.45) is 5.92 Å². The van der Waals surface area contributed by atoms with Crippen LogP contribution in [0.5, 0.6) is 0 Å². The summed E-state index contributed by atoms with van der Waals surface area (Å²) < 4.78 is 11.7. The number of nitrogens with one attached hydrogen (secondary N) is 1. The van der Waals surface area contributed by atoms with Gasteiger partial charge in [-0.3, -0.25) is 24.6 Å². The number of ether oxygens (including phenoxy) is 2. The van der Waals surface area contributed by atoms with E-state index in [9.17, 15) is 19.7 Å². The molecule has 1 aromatic rings. The van der Waals surface area contributed by atoms with E-state index in [1.807, 2.05) is 0 Å². The Balaban J connectivity index is 1.58. The number of amides is 2. The van der Waals surface area contributed by atoms with Crippen LogP contribution >= 0.6 is 0 Å². The van der Waals surface area contributed by atoms with E-state index < -0.39 is 22.6 Å². The van der Waals surface area contributed by atoms with Gasteiger partial charge in [-0.05, 0) is 50.5 Å². The normalized spacial score (nSPS) is 30.5. The first-order valence-electron chi connectivity index (χ1n) is 11.0. The molecule has 1 aliphatic carbocycles. The summed E-state index contributed by atoms with van der Waals surface area (Å²) in [7, 11) is 0. The maximum absolute atomic E-state index is 13.6. The molecule has 0 radical (unpaired) electrons. The summed E-state index contributed by atoms with van der Waals surface area (Å²) >= 11 is 0. The zero-order valence-electron chi connectivity index (χ0n) is 17.7. The number of nitro groups is 1. The molecule has 9 nitrogen and oxygen atoms in total. The molecule has 4 rings (SSSR count). The van der Waals surface area contributed by atoms with E-state index in [-0.39, 0.29) is 29.9 Å². The highest BCUT2D eigenvalue weighted by molar-refractivity contribution is 5.99. The lowest BCUT2D eigenvalue weighted by atomic mass is 9.83. The van der Waals surface area contributed by atoms with Crippen molar-refractivity contribution in [3.05, 3.63) is 39.9 Å². The summed E-state index contributed by atoms with van der Waals surface area (Å²) in [6, 6.07) is 4.88. The van der Waals surface area contributed by atoms with Crippen LogP contribution in [0.15, 0.2) is 24.3 Å². The number of non-ortho nitro benzene ring substituents is 1. The number of nitro benzene ring substituents is 1. The Labute approximate surface area is 181 Å². The third-order valence-corrected chi connectivity index (χ3v) is 6.67. The Morgan fingerprint density at radius 3 is 2.74 bits per heavy atom. The van der Waals surface area contributed by atoms with E-state index >= 15 is 0 Å². The quantitative estimate of drug-likeness (QED) is 0.567. The predicted octanol–water partition coefficient (Wildman–Crippen LogP) is 2.64. The van der Waals surface area contributed by atoms with Crippen LogP contribution < -0.4 is 5.32 Å². The minimum atomic E-state index is -0.847.